The van der Waals surface area contributed by atoms with Crippen molar-refractivity contribution in [3.8, 4) is 17.3 Å². The highest BCUT2D eigenvalue weighted by Gasteiger charge is 2.38. The van der Waals surface area contributed by atoms with Crippen molar-refractivity contribution in [3.05, 3.63) is 87.6 Å². The molecule has 3 heterocycles. The van der Waals surface area contributed by atoms with Crippen LogP contribution in [-0.2, 0) is 27.4 Å². The summed E-state index contributed by atoms with van der Waals surface area (Å²) in [5, 5.41) is 14.2. The molecule has 218 valence electrons. The molecule has 1 saturated carbocycles. The summed E-state index contributed by atoms with van der Waals surface area (Å²) >= 11 is 0. The van der Waals surface area contributed by atoms with E-state index in [0.717, 1.165) is 65.8 Å². The molecule has 9 nitrogen and oxygen atoms in total. The Bertz CT molecular complexity index is 1660. The summed E-state index contributed by atoms with van der Waals surface area (Å²) < 4.78 is 3.85. The van der Waals surface area contributed by atoms with Crippen LogP contribution in [0.5, 0.6) is 0 Å². The van der Waals surface area contributed by atoms with Crippen molar-refractivity contribution in [1.82, 2.24) is 19.2 Å². The monoisotopic (exact) mass is 567 g/mol. The summed E-state index contributed by atoms with van der Waals surface area (Å²) in [6.07, 6.45) is 10.2. The molecule has 0 spiro atoms. The van der Waals surface area contributed by atoms with Crippen molar-refractivity contribution in [3.63, 3.8) is 0 Å². The average Bonchev–Trinajstić information content (AvgIpc) is 3.50. The van der Waals surface area contributed by atoms with Gasteiger partial charge in [-0.1, -0.05) is 44.5 Å². The fraction of sp³-hybridized carbons (Fsp3) is 0.424. The zero-order valence-electron chi connectivity index (χ0n) is 24.5. The number of hydrogen-bond donors (Lipinski definition) is 0. The van der Waals surface area contributed by atoms with Crippen LogP contribution in [0.1, 0.15) is 94.1 Å². The summed E-state index contributed by atoms with van der Waals surface area (Å²) in [7, 11) is 0. The van der Waals surface area contributed by atoms with Gasteiger partial charge in [0.2, 0.25) is 0 Å². The van der Waals surface area contributed by atoms with E-state index in [1.165, 1.54) is 6.92 Å². The van der Waals surface area contributed by atoms with Crippen LogP contribution in [0.3, 0.4) is 0 Å². The smallest absolute Gasteiger partial charge is 0.298 e. The van der Waals surface area contributed by atoms with Gasteiger partial charge in [0.15, 0.2) is 0 Å². The largest absolute Gasteiger partial charge is 0.339 e. The molecule has 5 rings (SSSR count). The minimum atomic E-state index is -0.538. The fourth-order valence-corrected chi connectivity index (χ4v) is 6.05. The van der Waals surface area contributed by atoms with Crippen LogP contribution in [0.2, 0.25) is 0 Å². The molecule has 0 N–H and O–H groups in total. The zero-order chi connectivity index (χ0) is 29.7. The quantitative estimate of drug-likeness (QED) is 0.168. The first-order valence-corrected chi connectivity index (χ1v) is 14.8. The predicted octanol–water partition coefficient (Wildman–Crippen LogP) is 6.12. The Kier molecular flexibility index (Phi) is 8.83. The lowest BCUT2D eigenvalue weighted by Gasteiger charge is -2.38. The molecule has 4 aromatic rings. The second kappa shape index (κ2) is 12.7. The first-order valence-electron chi connectivity index (χ1n) is 14.8. The van der Waals surface area contributed by atoms with Crippen molar-refractivity contribution in [2.45, 2.75) is 90.2 Å². The summed E-state index contributed by atoms with van der Waals surface area (Å²) in [5.74, 6) is -0.466. The lowest BCUT2D eigenvalue weighted by atomic mass is 9.80. The molecule has 0 bridgehead atoms. The Hall–Kier alpha value is -4.29. The van der Waals surface area contributed by atoms with Crippen LogP contribution in [0.25, 0.3) is 16.9 Å². The van der Waals surface area contributed by atoms with Crippen molar-refractivity contribution in [1.29, 1.82) is 5.26 Å². The van der Waals surface area contributed by atoms with Crippen LogP contribution in [0, 0.1) is 11.3 Å². The third-order valence-electron chi connectivity index (χ3n) is 8.46. The number of benzene rings is 1. The van der Waals surface area contributed by atoms with Gasteiger partial charge in [0, 0.05) is 42.8 Å². The standard InChI is InChI=1S/C33H37N5O4/c1-4-6-11-30-28(20-24-12-13-29(35-22-24)27-10-8-7-9-25(27)21-34)32(40)37(31-16-19-36-38(30)31)26-14-17-33(5-2,18-15-26)42-41-23(3)39/h7-10,12-13,16,19,22,26H,4-6,11,14-15,17-18,20H2,1-3H3/t26-,33-. The highest BCUT2D eigenvalue weighted by atomic mass is 17.2. The van der Waals surface area contributed by atoms with Gasteiger partial charge in [-0.2, -0.15) is 15.2 Å². The molecule has 0 unspecified atom stereocenters. The Morgan fingerprint density at radius 3 is 2.60 bits per heavy atom. The van der Waals surface area contributed by atoms with Crippen LogP contribution in [0.4, 0.5) is 0 Å². The van der Waals surface area contributed by atoms with Gasteiger partial charge in [0.05, 0.1) is 29.2 Å². The van der Waals surface area contributed by atoms with Crippen molar-refractivity contribution < 1.29 is 14.6 Å². The van der Waals surface area contributed by atoms with E-state index in [2.05, 4.69) is 23.1 Å². The van der Waals surface area contributed by atoms with Gasteiger partial charge < -0.3 is 0 Å². The lowest BCUT2D eigenvalue weighted by molar-refractivity contribution is -0.340. The number of nitrogens with zero attached hydrogens (tertiary/aromatic N) is 5. The minimum absolute atomic E-state index is 0.00269. The molecular formula is C33H37N5O4. The van der Waals surface area contributed by atoms with E-state index in [0.29, 0.717) is 31.2 Å². The SMILES string of the molecule is CCCCc1c(Cc2ccc(-c3ccccc3C#N)nc2)c(=O)n([C@H]2CC[C@](CC)(OOC(C)=O)CC2)c2ccnn12. The molecular weight excluding hydrogens is 530 g/mol. The maximum atomic E-state index is 14.4. The van der Waals surface area contributed by atoms with Gasteiger partial charge in [-0.25, -0.2) is 9.31 Å². The number of carbonyl (C=O) groups is 1. The number of fused-ring (bicyclic) bond motifs is 1. The molecule has 0 saturated heterocycles. The second-order valence-corrected chi connectivity index (χ2v) is 11.1. The third-order valence-corrected chi connectivity index (χ3v) is 8.46. The van der Waals surface area contributed by atoms with Gasteiger partial charge in [-0.3, -0.25) is 19.2 Å². The van der Waals surface area contributed by atoms with Gasteiger partial charge in [-0.05, 0) is 62.6 Å². The Morgan fingerprint density at radius 2 is 1.93 bits per heavy atom. The number of pyridine rings is 1. The number of rotatable bonds is 10. The molecule has 42 heavy (non-hydrogen) atoms. The van der Waals surface area contributed by atoms with E-state index < -0.39 is 11.6 Å². The molecule has 0 aliphatic heterocycles. The lowest BCUT2D eigenvalue weighted by Crippen LogP contribution is -2.40. The number of nitriles is 1. The van der Waals surface area contributed by atoms with Crippen molar-refractivity contribution in [2.24, 2.45) is 0 Å². The first kappa shape index (κ1) is 29.2. The van der Waals surface area contributed by atoms with Gasteiger partial charge >= 0.3 is 5.97 Å². The van der Waals surface area contributed by atoms with E-state index >= 15 is 0 Å². The first-order chi connectivity index (χ1) is 20.4. The fourth-order valence-electron chi connectivity index (χ4n) is 6.05. The van der Waals surface area contributed by atoms with Crippen LogP contribution in [0.15, 0.2) is 59.7 Å². The van der Waals surface area contributed by atoms with Crippen LogP contribution in [-0.4, -0.2) is 30.7 Å². The van der Waals surface area contributed by atoms with Gasteiger partial charge in [0.25, 0.3) is 5.56 Å². The topological polar surface area (TPSA) is 112 Å². The molecule has 9 heteroatoms. The summed E-state index contributed by atoms with van der Waals surface area (Å²) in [6, 6.07) is 15.4. The van der Waals surface area contributed by atoms with E-state index in [9.17, 15) is 14.9 Å². The summed E-state index contributed by atoms with van der Waals surface area (Å²) in [4.78, 5) is 41.0. The zero-order valence-corrected chi connectivity index (χ0v) is 24.5. The highest BCUT2D eigenvalue weighted by Crippen LogP contribution is 2.40. The minimum Gasteiger partial charge on any atom is -0.298 e. The maximum Gasteiger partial charge on any atom is 0.339 e. The van der Waals surface area contributed by atoms with E-state index in [1.54, 1.807) is 18.5 Å². The molecule has 0 atom stereocenters. The molecule has 3 aromatic heterocycles. The number of carbonyl (C=O) groups excluding carboxylic acids is 1. The molecule has 1 fully saturated rings. The molecule has 1 aliphatic rings. The maximum absolute atomic E-state index is 14.4. The predicted molar refractivity (Wildman–Crippen MR) is 159 cm³/mol. The van der Waals surface area contributed by atoms with Crippen LogP contribution >= 0.6 is 0 Å². The van der Waals surface area contributed by atoms with Crippen molar-refractivity contribution in [2.75, 3.05) is 0 Å². The molecule has 1 aromatic carbocycles. The van der Waals surface area contributed by atoms with Crippen molar-refractivity contribution >= 4 is 11.6 Å². The Balaban J connectivity index is 1.50. The molecule has 0 radical (unpaired) electrons. The van der Waals surface area contributed by atoms with E-state index in [-0.39, 0.29) is 11.6 Å². The van der Waals surface area contributed by atoms with Gasteiger partial charge in [-0.15, -0.1) is 0 Å². The summed E-state index contributed by atoms with van der Waals surface area (Å²) in [6.45, 7) is 5.51. The number of unbranched alkanes of at least 4 members (excludes halogenated alkanes) is 1. The molecule has 1 aliphatic carbocycles. The number of hydrogen-bond acceptors (Lipinski definition) is 7. The summed E-state index contributed by atoms with van der Waals surface area (Å²) in [5.41, 5.74) is 4.93. The van der Waals surface area contributed by atoms with Crippen LogP contribution < -0.4 is 5.56 Å². The Labute approximate surface area is 245 Å². The molecule has 0 amide bonds. The second-order valence-electron chi connectivity index (χ2n) is 11.1. The number of aryl methyl sites for hydroxylation is 1. The Morgan fingerprint density at radius 1 is 1.14 bits per heavy atom. The highest BCUT2D eigenvalue weighted by molar-refractivity contribution is 5.67. The normalized spacial score (nSPS) is 18.6. The number of aromatic nitrogens is 4. The van der Waals surface area contributed by atoms with E-state index in [1.807, 2.05) is 52.4 Å². The van der Waals surface area contributed by atoms with Gasteiger partial charge in [0.1, 0.15) is 11.2 Å². The average molecular weight is 568 g/mol. The third kappa shape index (κ3) is 5.86. The van der Waals surface area contributed by atoms with E-state index in [4.69, 9.17) is 9.78 Å².